The van der Waals surface area contributed by atoms with Gasteiger partial charge in [0.2, 0.25) is 0 Å². The quantitative estimate of drug-likeness (QED) is 0.841. The molecule has 2 rings (SSSR count). The van der Waals surface area contributed by atoms with Crippen molar-refractivity contribution < 1.29 is 0 Å². The van der Waals surface area contributed by atoms with Crippen molar-refractivity contribution in [3.05, 3.63) is 38.6 Å². The Morgan fingerprint density at radius 1 is 1.22 bits per heavy atom. The molecule has 4 heteroatoms. The number of anilines is 1. The molecule has 18 heavy (non-hydrogen) atoms. The molecule has 0 spiro atoms. The van der Waals surface area contributed by atoms with Crippen LogP contribution in [0.15, 0.2) is 18.2 Å². The smallest absolute Gasteiger partial charge is 0.162 e. The van der Waals surface area contributed by atoms with E-state index in [0.29, 0.717) is 5.82 Å². The molecule has 1 heterocycles. The standard InChI is InChI=1S/C14H16IN3/c1-4-11-12(15)13(16)18-14(17-11)10-7-5-6-8(2)9(10)3/h5-7H,4H2,1-3H3,(H2,16,17,18). The van der Waals surface area contributed by atoms with Crippen LogP contribution in [0.2, 0.25) is 0 Å². The first-order chi connectivity index (χ1) is 8.54. The first-order valence-corrected chi connectivity index (χ1v) is 7.01. The zero-order chi connectivity index (χ0) is 13.3. The summed E-state index contributed by atoms with van der Waals surface area (Å²) in [5.74, 6) is 1.30. The van der Waals surface area contributed by atoms with E-state index in [-0.39, 0.29) is 0 Å². The Kier molecular flexibility index (Phi) is 3.85. The van der Waals surface area contributed by atoms with Crippen molar-refractivity contribution in [2.75, 3.05) is 5.73 Å². The van der Waals surface area contributed by atoms with Crippen molar-refractivity contribution in [3.63, 3.8) is 0 Å². The van der Waals surface area contributed by atoms with E-state index in [1.807, 2.05) is 12.1 Å². The molecule has 0 unspecified atom stereocenters. The average molecular weight is 353 g/mol. The van der Waals surface area contributed by atoms with E-state index in [9.17, 15) is 0 Å². The molecule has 0 fully saturated rings. The first-order valence-electron chi connectivity index (χ1n) is 5.93. The molecule has 0 atom stereocenters. The van der Waals surface area contributed by atoms with Crippen LogP contribution in [0.3, 0.4) is 0 Å². The molecular formula is C14H16IN3. The molecule has 0 saturated heterocycles. The summed E-state index contributed by atoms with van der Waals surface area (Å²) in [6, 6.07) is 6.17. The van der Waals surface area contributed by atoms with E-state index < -0.39 is 0 Å². The Morgan fingerprint density at radius 3 is 2.61 bits per heavy atom. The van der Waals surface area contributed by atoms with Crippen LogP contribution in [0, 0.1) is 17.4 Å². The fraction of sp³-hybridized carbons (Fsp3) is 0.286. The summed E-state index contributed by atoms with van der Waals surface area (Å²) in [4.78, 5) is 9.04. The molecule has 0 aliphatic carbocycles. The van der Waals surface area contributed by atoms with Gasteiger partial charge in [-0.1, -0.05) is 25.1 Å². The van der Waals surface area contributed by atoms with Crippen molar-refractivity contribution in [1.82, 2.24) is 9.97 Å². The second-order valence-electron chi connectivity index (χ2n) is 4.29. The van der Waals surface area contributed by atoms with Gasteiger partial charge in [0.1, 0.15) is 5.82 Å². The van der Waals surface area contributed by atoms with Gasteiger partial charge in [0, 0.05) is 5.56 Å². The SMILES string of the molecule is CCc1nc(-c2cccc(C)c2C)nc(N)c1I. The zero-order valence-electron chi connectivity index (χ0n) is 10.8. The highest BCUT2D eigenvalue weighted by Gasteiger charge is 2.12. The Bertz CT molecular complexity index is 594. The number of rotatable bonds is 2. The lowest BCUT2D eigenvalue weighted by Crippen LogP contribution is -2.05. The van der Waals surface area contributed by atoms with Gasteiger partial charge in [-0.3, -0.25) is 0 Å². The fourth-order valence-corrected chi connectivity index (χ4v) is 2.48. The van der Waals surface area contributed by atoms with Crippen molar-refractivity contribution in [1.29, 1.82) is 0 Å². The van der Waals surface area contributed by atoms with E-state index in [1.54, 1.807) is 0 Å². The minimum absolute atomic E-state index is 0.568. The van der Waals surface area contributed by atoms with E-state index in [1.165, 1.54) is 11.1 Å². The molecule has 0 aliphatic rings. The summed E-state index contributed by atoms with van der Waals surface area (Å²) < 4.78 is 0.962. The molecule has 0 bridgehead atoms. The molecular weight excluding hydrogens is 337 g/mol. The van der Waals surface area contributed by atoms with Gasteiger partial charge in [0.15, 0.2) is 5.82 Å². The van der Waals surface area contributed by atoms with Crippen LogP contribution < -0.4 is 5.73 Å². The fourth-order valence-electron chi connectivity index (χ4n) is 1.86. The number of aryl methyl sites for hydroxylation is 2. The van der Waals surface area contributed by atoms with Gasteiger partial charge in [-0.15, -0.1) is 0 Å². The second-order valence-corrected chi connectivity index (χ2v) is 5.37. The number of halogens is 1. The summed E-state index contributed by atoms with van der Waals surface area (Å²) in [5.41, 5.74) is 10.5. The monoisotopic (exact) mass is 353 g/mol. The normalized spacial score (nSPS) is 10.7. The maximum absolute atomic E-state index is 5.96. The highest BCUT2D eigenvalue weighted by molar-refractivity contribution is 14.1. The van der Waals surface area contributed by atoms with Gasteiger partial charge < -0.3 is 5.73 Å². The van der Waals surface area contributed by atoms with Crippen LogP contribution in [0.1, 0.15) is 23.7 Å². The summed E-state index contributed by atoms with van der Waals surface area (Å²) in [6.07, 6.45) is 0.864. The predicted octanol–water partition coefficient (Wildman–Crippen LogP) is 3.51. The van der Waals surface area contributed by atoms with E-state index in [2.05, 4.69) is 59.4 Å². The molecule has 0 saturated carbocycles. The first kappa shape index (κ1) is 13.3. The molecule has 2 N–H and O–H groups in total. The summed E-state index contributed by atoms with van der Waals surface area (Å²) in [6.45, 7) is 6.26. The Labute approximate surface area is 121 Å². The minimum atomic E-state index is 0.568. The average Bonchev–Trinajstić information content (AvgIpc) is 2.36. The van der Waals surface area contributed by atoms with Crippen LogP contribution in [0.25, 0.3) is 11.4 Å². The van der Waals surface area contributed by atoms with E-state index in [4.69, 9.17) is 5.73 Å². The van der Waals surface area contributed by atoms with Crippen LogP contribution in [0.4, 0.5) is 5.82 Å². The minimum Gasteiger partial charge on any atom is -0.383 e. The van der Waals surface area contributed by atoms with Gasteiger partial charge >= 0.3 is 0 Å². The highest BCUT2D eigenvalue weighted by Crippen LogP contribution is 2.26. The van der Waals surface area contributed by atoms with Crippen LogP contribution in [-0.2, 0) is 6.42 Å². The molecule has 0 amide bonds. The molecule has 1 aromatic carbocycles. The summed E-state index contributed by atoms with van der Waals surface area (Å²) in [5, 5.41) is 0. The molecule has 94 valence electrons. The van der Waals surface area contributed by atoms with Crippen LogP contribution >= 0.6 is 22.6 Å². The summed E-state index contributed by atoms with van der Waals surface area (Å²) in [7, 11) is 0. The maximum Gasteiger partial charge on any atom is 0.162 e. The number of nitrogens with zero attached hydrogens (tertiary/aromatic N) is 2. The number of aromatic nitrogens is 2. The number of nitrogens with two attached hydrogens (primary N) is 1. The number of hydrogen-bond acceptors (Lipinski definition) is 3. The van der Waals surface area contributed by atoms with Crippen LogP contribution in [-0.4, -0.2) is 9.97 Å². The third-order valence-electron chi connectivity index (χ3n) is 3.13. The van der Waals surface area contributed by atoms with Gasteiger partial charge in [0.05, 0.1) is 9.26 Å². The maximum atomic E-state index is 5.96. The second kappa shape index (κ2) is 5.22. The number of hydrogen-bond donors (Lipinski definition) is 1. The Balaban J connectivity index is 2.64. The van der Waals surface area contributed by atoms with Crippen molar-refractivity contribution >= 4 is 28.4 Å². The highest BCUT2D eigenvalue weighted by atomic mass is 127. The lowest BCUT2D eigenvalue weighted by atomic mass is 10.0. The lowest BCUT2D eigenvalue weighted by Gasteiger charge is -2.10. The summed E-state index contributed by atoms with van der Waals surface area (Å²) >= 11 is 2.21. The third kappa shape index (κ3) is 2.34. The topological polar surface area (TPSA) is 51.8 Å². The molecule has 2 aromatic rings. The van der Waals surface area contributed by atoms with Gasteiger partial charge in [-0.05, 0) is 54.0 Å². The number of nitrogen functional groups attached to an aromatic ring is 1. The Morgan fingerprint density at radius 2 is 1.94 bits per heavy atom. The largest absolute Gasteiger partial charge is 0.383 e. The molecule has 3 nitrogen and oxygen atoms in total. The predicted molar refractivity (Wildman–Crippen MR) is 83.4 cm³/mol. The number of benzene rings is 1. The van der Waals surface area contributed by atoms with Crippen molar-refractivity contribution in [2.24, 2.45) is 0 Å². The third-order valence-corrected chi connectivity index (χ3v) is 4.30. The molecule has 0 aliphatic heterocycles. The van der Waals surface area contributed by atoms with Crippen molar-refractivity contribution in [3.8, 4) is 11.4 Å². The van der Waals surface area contributed by atoms with Crippen molar-refractivity contribution in [2.45, 2.75) is 27.2 Å². The van der Waals surface area contributed by atoms with E-state index >= 15 is 0 Å². The van der Waals surface area contributed by atoms with Gasteiger partial charge in [-0.25, -0.2) is 9.97 Å². The van der Waals surface area contributed by atoms with Gasteiger partial charge in [0.25, 0.3) is 0 Å². The van der Waals surface area contributed by atoms with E-state index in [0.717, 1.165) is 27.1 Å². The van der Waals surface area contributed by atoms with Gasteiger partial charge in [-0.2, -0.15) is 0 Å². The van der Waals surface area contributed by atoms with Crippen LogP contribution in [0.5, 0.6) is 0 Å². The molecule has 1 aromatic heterocycles. The molecule has 0 radical (unpaired) electrons. The zero-order valence-corrected chi connectivity index (χ0v) is 12.9. The lowest BCUT2D eigenvalue weighted by molar-refractivity contribution is 0.992. The Hall–Kier alpha value is -1.17.